The SMILES string of the molecule is OCCOCC(CO)OCC(O)OO. The Morgan fingerprint density at radius 3 is 2.36 bits per heavy atom. The number of hydrogen-bond acceptors (Lipinski definition) is 7. The standard InChI is InChI=1S/C7H16O7/c8-1-2-12-4-6(3-9)13-5-7(10)14-11/h6-11H,1-5H2. The van der Waals surface area contributed by atoms with Gasteiger partial charge in [-0.05, 0) is 0 Å². The first kappa shape index (κ1) is 13.7. The van der Waals surface area contributed by atoms with Gasteiger partial charge in [0.15, 0.2) is 0 Å². The van der Waals surface area contributed by atoms with Crippen LogP contribution in [0, 0.1) is 0 Å². The van der Waals surface area contributed by atoms with Crippen LogP contribution in [0.1, 0.15) is 0 Å². The van der Waals surface area contributed by atoms with Gasteiger partial charge in [-0.2, -0.15) is 0 Å². The third kappa shape index (κ3) is 7.15. The summed E-state index contributed by atoms with van der Waals surface area (Å²) in [6, 6.07) is 0. The quantitative estimate of drug-likeness (QED) is 0.154. The predicted octanol–water partition coefficient (Wildman–Crippen LogP) is -1.82. The van der Waals surface area contributed by atoms with E-state index in [0.717, 1.165) is 0 Å². The largest absolute Gasteiger partial charge is 0.394 e. The highest BCUT2D eigenvalue weighted by molar-refractivity contribution is 4.54. The molecule has 7 heteroatoms. The molecule has 0 saturated heterocycles. The molecule has 0 aromatic rings. The molecule has 0 amide bonds. The van der Waals surface area contributed by atoms with Crippen LogP contribution in [0.3, 0.4) is 0 Å². The molecule has 0 heterocycles. The Kier molecular flexibility index (Phi) is 9.10. The maximum absolute atomic E-state index is 8.76. The van der Waals surface area contributed by atoms with Gasteiger partial charge >= 0.3 is 0 Å². The number of aliphatic hydroxyl groups is 3. The van der Waals surface area contributed by atoms with E-state index in [1.165, 1.54) is 0 Å². The second-order valence-corrected chi connectivity index (χ2v) is 2.50. The van der Waals surface area contributed by atoms with Crippen molar-refractivity contribution >= 4 is 0 Å². The smallest absolute Gasteiger partial charge is 0.212 e. The van der Waals surface area contributed by atoms with E-state index in [1.54, 1.807) is 0 Å². The normalized spacial score (nSPS) is 15.4. The Bertz CT molecular complexity index is 121. The molecule has 0 aliphatic carbocycles. The summed E-state index contributed by atoms with van der Waals surface area (Å²) in [5.41, 5.74) is 0. The third-order valence-electron chi connectivity index (χ3n) is 1.34. The summed E-state index contributed by atoms with van der Waals surface area (Å²) in [6.45, 7) is -0.428. The van der Waals surface area contributed by atoms with Crippen molar-refractivity contribution in [2.45, 2.75) is 12.4 Å². The van der Waals surface area contributed by atoms with Gasteiger partial charge < -0.3 is 24.8 Å². The molecule has 14 heavy (non-hydrogen) atoms. The fourth-order valence-corrected chi connectivity index (χ4v) is 0.682. The van der Waals surface area contributed by atoms with Gasteiger partial charge in [0, 0.05) is 0 Å². The molecule has 0 saturated carbocycles. The molecule has 0 bridgehead atoms. The van der Waals surface area contributed by atoms with Crippen molar-refractivity contribution in [2.75, 3.05) is 33.0 Å². The van der Waals surface area contributed by atoms with Crippen LogP contribution in [0.5, 0.6) is 0 Å². The second-order valence-electron chi connectivity index (χ2n) is 2.50. The maximum atomic E-state index is 8.76. The number of rotatable bonds is 9. The molecule has 0 aromatic heterocycles. The summed E-state index contributed by atoms with van der Waals surface area (Å²) in [5, 5.41) is 33.8. The van der Waals surface area contributed by atoms with Crippen LogP contribution < -0.4 is 0 Å². The summed E-state index contributed by atoms with van der Waals surface area (Å²) in [7, 11) is 0. The van der Waals surface area contributed by atoms with Gasteiger partial charge in [0.2, 0.25) is 6.29 Å². The minimum Gasteiger partial charge on any atom is -0.394 e. The van der Waals surface area contributed by atoms with Crippen molar-refractivity contribution in [2.24, 2.45) is 0 Å². The molecule has 2 atom stereocenters. The van der Waals surface area contributed by atoms with E-state index < -0.39 is 12.4 Å². The molecule has 0 aromatic carbocycles. The maximum Gasteiger partial charge on any atom is 0.212 e. The van der Waals surface area contributed by atoms with E-state index in [9.17, 15) is 0 Å². The van der Waals surface area contributed by atoms with Crippen LogP contribution in [-0.4, -0.2) is 66.0 Å². The van der Waals surface area contributed by atoms with Crippen molar-refractivity contribution in [3.8, 4) is 0 Å². The number of ether oxygens (including phenoxy) is 2. The number of aliphatic hydroxyl groups excluding tert-OH is 3. The Balaban J connectivity index is 3.47. The van der Waals surface area contributed by atoms with Crippen LogP contribution in [0.4, 0.5) is 0 Å². The lowest BCUT2D eigenvalue weighted by Gasteiger charge is -2.16. The highest BCUT2D eigenvalue weighted by Gasteiger charge is 2.11. The van der Waals surface area contributed by atoms with E-state index in [4.69, 9.17) is 30.1 Å². The van der Waals surface area contributed by atoms with Crippen molar-refractivity contribution in [1.29, 1.82) is 0 Å². The fraction of sp³-hybridized carbons (Fsp3) is 1.00. The van der Waals surface area contributed by atoms with Crippen LogP contribution >= 0.6 is 0 Å². The molecule has 2 unspecified atom stereocenters. The molecular formula is C7H16O7. The van der Waals surface area contributed by atoms with Crippen LogP contribution in [0.15, 0.2) is 0 Å². The summed E-state index contributed by atoms with van der Waals surface area (Å²) < 4.78 is 9.78. The lowest BCUT2D eigenvalue weighted by molar-refractivity contribution is -0.345. The Morgan fingerprint density at radius 2 is 1.86 bits per heavy atom. The fourth-order valence-electron chi connectivity index (χ4n) is 0.682. The summed E-state index contributed by atoms with van der Waals surface area (Å²) in [4.78, 5) is 3.54. The lowest BCUT2D eigenvalue weighted by atomic mass is 10.4. The van der Waals surface area contributed by atoms with Crippen molar-refractivity contribution in [3.63, 3.8) is 0 Å². The topological polar surface area (TPSA) is 109 Å². The Hall–Kier alpha value is -0.280. The first-order chi connectivity index (χ1) is 6.74. The van der Waals surface area contributed by atoms with Gasteiger partial charge in [-0.3, -0.25) is 0 Å². The molecule has 0 aliphatic rings. The van der Waals surface area contributed by atoms with Crippen LogP contribution in [0.2, 0.25) is 0 Å². The second kappa shape index (κ2) is 9.28. The van der Waals surface area contributed by atoms with Gasteiger partial charge in [-0.15, -0.1) is 0 Å². The number of hydrogen-bond donors (Lipinski definition) is 4. The zero-order valence-electron chi connectivity index (χ0n) is 7.70. The van der Waals surface area contributed by atoms with Crippen molar-refractivity contribution in [3.05, 3.63) is 0 Å². The highest BCUT2D eigenvalue weighted by atomic mass is 17.1. The van der Waals surface area contributed by atoms with Crippen molar-refractivity contribution in [1.82, 2.24) is 0 Å². The molecule has 0 aliphatic heterocycles. The lowest BCUT2D eigenvalue weighted by Crippen LogP contribution is -2.29. The molecule has 0 rings (SSSR count). The molecule has 0 spiro atoms. The van der Waals surface area contributed by atoms with Gasteiger partial charge in [0.25, 0.3) is 0 Å². The van der Waals surface area contributed by atoms with Gasteiger partial charge in [0.05, 0.1) is 26.4 Å². The van der Waals surface area contributed by atoms with Gasteiger partial charge in [0.1, 0.15) is 12.7 Å². The zero-order chi connectivity index (χ0) is 10.8. The minimum atomic E-state index is -1.44. The first-order valence-corrected chi connectivity index (χ1v) is 4.14. The average Bonchev–Trinajstić information content (AvgIpc) is 2.22. The minimum absolute atomic E-state index is 0.0925. The molecule has 7 nitrogen and oxygen atoms in total. The van der Waals surface area contributed by atoms with E-state index in [1.807, 2.05) is 0 Å². The zero-order valence-corrected chi connectivity index (χ0v) is 7.70. The van der Waals surface area contributed by atoms with E-state index in [2.05, 4.69) is 4.89 Å². The monoisotopic (exact) mass is 212 g/mol. The predicted molar refractivity (Wildman–Crippen MR) is 44.5 cm³/mol. The highest BCUT2D eigenvalue weighted by Crippen LogP contribution is 1.95. The van der Waals surface area contributed by atoms with Crippen molar-refractivity contribution < 1.29 is 34.9 Å². The summed E-state index contributed by atoms with van der Waals surface area (Å²) in [5.74, 6) is 0. The summed E-state index contributed by atoms with van der Waals surface area (Å²) >= 11 is 0. The third-order valence-corrected chi connectivity index (χ3v) is 1.34. The van der Waals surface area contributed by atoms with Gasteiger partial charge in [-0.25, -0.2) is 10.1 Å². The molecule has 86 valence electrons. The Labute approximate surface area is 81.4 Å². The van der Waals surface area contributed by atoms with E-state index in [-0.39, 0.29) is 33.0 Å². The molecule has 4 N–H and O–H groups in total. The molecule has 0 radical (unpaired) electrons. The van der Waals surface area contributed by atoms with E-state index in [0.29, 0.717) is 0 Å². The Morgan fingerprint density at radius 1 is 1.14 bits per heavy atom. The average molecular weight is 212 g/mol. The first-order valence-electron chi connectivity index (χ1n) is 4.14. The van der Waals surface area contributed by atoms with Gasteiger partial charge in [-0.1, -0.05) is 0 Å². The van der Waals surface area contributed by atoms with E-state index >= 15 is 0 Å². The van der Waals surface area contributed by atoms with Crippen LogP contribution in [-0.2, 0) is 14.4 Å². The van der Waals surface area contributed by atoms with Crippen LogP contribution in [0.25, 0.3) is 0 Å². The molecular weight excluding hydrogens is 196 g/mol. The summed E-state index contributed by atoms with van der Waals surface area (Å²) in [6.07, 6.45) is -2.06. The molecule has 0 fully saturated rings.